The third-order valence-electron chi connectivity index (χ3n) is 2.34. The van der Waals surface area contributed by atoms with E-state index in [0.717, 1.165) is 12.1 Å². The summed E-state index contributed by atoms with van der Waals surface area (Å²) in [5.41, 5.74) is -0.553. The minimum atomic E-state index is -3.21. The average molecular weight is 295 g/mol. The molecule has 0 amide bonds. The Morgan fingerprint density at radius 2 is 2.11 bits per heavy atom. The van der Waals surface area contributed by atoms with E-state index < -0.39 is 15.6 Å². The minimum Gasteiger partial charge on any atom is -0.321 e. The molecule has 1 aromatic rings. The molecule has 0 aliphatic carbocycles. The van der Waals surface area contributed by atoms with Gasteiger partial charge in [-0.1, -0.05) is 11.6 Å². The monoisotopic (exact) mass is 294 g/mol. The Balaban J connectivity index is 2.49. The molecule has 1 rings (SSSR count). The SMILES string of the molecule is Cn1c(Cl)cnc1CNCC(C)(C)NS(C)(=O)=O. The molecule has 0 aromatic carbocycles. The maximum absolute atomic E-state index is 11.2. The van der Waals surface area contributed by atoms with E-state index in [1.807, 2.05) is 20.9 Å². The third kappa shape index (κ3) is 4.93. The summed E-state index contributed by atoms with van der Waals surface area (Å²) in [6.07, 6.45) is 2.73. The lowest BCUT2D eigenvalue weighted by Crippen LogP contribution is -2.49. The number of hydrogen-bond donors (Lipinski definition) is 2. The second-order valence-corrected chi connectivity index (χ2v) is 7.05. The van der Waals surface area contributed by atoms with E-state index in [1.54, 1.807) is 10.8 Å². The van der Waals surface area contributed by atoms with Crippen LogP contribution in [0.4, 0.5) is 0 Å². The van der Waals surface area contributed by atoms with E-state index >= 15 is 0 Å². The molecular weight excluding hydrogens is 276 g/mol. The largest absolute Gasteiger partial charge is 0.321 e. The first kappa shape index (κ1) is 15.4. The first-order valence-corrected chi connectivity index (χ1v) is 7.73. The fourth-order valence-electron chi connectivity index (χ4n) is 1.61. The molecule has 8 heteroatoms. The standard InChI is InChI=1S/C10H19ClN4O2S/c1-10(2,14-18(4,16)17)7-12-6-9-13-5-8(11)15(9)3/h5,12,14H,6-7H2,1-4H3. The summed E-state index contributed by atoms with van der Waals surface area (Å²) in [5.74, 6) is 0.801. The highest BCUT2D eigenvalue weighted by Gasteiger charge is 2.21. The highest BCUT2D eigenvalue weighted by Crippen LogP contribution is 2.09. The number of aromatic nitrogens is 2. The van der Waals surface area contributed by atoms with Gasteiger partial charge in [0.15, 0.2) is 0 Å². The lowest BCUT2D eigenvalue weighted by Gasteiger charge is -2.25. The van der Waals surface area contributed by atoms with Crippen molar-refractivity contribution in [2.24, 2.45) is 7.05 Å². The summed E-state index contributed by atoms with van der Waals surface area (Å²) < 4.78 is 26.7. The van der Waals surface area contributed by atoms with Crippen molar-refractivity contribution < 1.29 is 8.42 Å². The Labute approximate surface area is 113 Å². The summed E-state index contributed by atoms with van der Waals surface area (Å²) in [7, 11) is -1.39. The van der Waals surface area contributed by atoms with Crippen molar-refractivity contribution in [2.75, 3.05) is 12.8 Å². The van der Waals surface area contributed by atoms with Gasteiger partial charge >= 0.3 is 0 Å². The number of rotatable bonds is 6. The van der Waals surface area contributed by atoms with Gasteiger partial charge < -0.3 is 9.88 Å². The fraction of sp³-hybridized carbons (Fsp3) is 0.700. The van der Waals surface area contributed by atoms with Gasteiger partial charge in [-0.15, -0.1) is 0 Å². The molecule has 0 aliphatic heterocycles. The van der Waals surface area contributed by atoms with E-state index in [0.29, 0.717) is 18.2 Å². The second-order valence-electron chi connectivity index (χ2n) is 4.92. The number of halogens is 1. The van der Waals surface area contributed by atoms with Gasteiger partial charge in [-0.05, 0) is 13.8 Å². The molecule has 0 radical (unpaired) electrons. The fourth-order valence-corrected chi connectivity index (χ4v) is 2.84. The van der Waals surface area contributed by atoms with Gasteiger partial charge in [0.1, 0.15) is 11.0 Å². The molecule has 0 saturated carbocycles. The molecule has 0 saturated heterocycles. The van der Waals surface area contributed by atoms with Crippen molar-refractivity contribution in [3.05, 3.63) is 17.2 Å². The molecule has 0 unspecified atom stereocenters. The summed E-state index contributed by atoms with van der Waals surface area (Å²) in [6.45, 7) is 4.64. The molecule has 104 valence electrons. The number of hydrogen-bond acceptors (Lipinski definition) is 4. The molecule has 18 heavy (non-hydrogen) atoms. The van der Waals surface area contributed by atoms with Gasteiger partial charge in [0.25, 0.3) is 0 Å². The minimum absolute atomic E-state index is 0.491. The van der Waals surface area contributed by atoms with Crippen molar-refractivity contribution in [3.8, 4) is 0 Å². The van der Waals surface area contributed by atoms with Crippen LogP contribution in [0.1, 0.15) is 19.7 Å². The number of nitrogens with one attached hydrogen (secondary N) is 2. The lowest BCUT2D eigenvalue weighted by atomic mass is 10.1. The molecule has 0 bridgehead atoms. The number of imidazole rings is 1. The van der Waals surface area contributed by atoms with Crippen molar-refractivity contribution in [1.29, 1.82) is 0 Å². The summed E-state index contributed by atoms with van der Waals surface area (Å²) in [5, 5.41) is 3.72. The maximum atomic E-state index is 11.2. The van der Waals surface area contributed by atoms with Gasteiger partial charge in [-0.3, -0.25) is 0 Å². The summed E-state index contributed by atoms with van der Waals surface area (Å²) in [4.78, 5) is 4.14. The molecule has 2 N–H and O–H groups in total. The summed E-state index contributed by atoms with van der Waals surface area (Å²) in [6, 6.07) is 0. The van der Waals surface area contributed by atoms with E-state index in [9.17, 15) is 8.42 Å². The Morgan fingerprint density at radius 1 is 1.50 bits per heavy atom. The van der Waals surface area contributed by atoms with Crippen LogP contribution >= 0.6 is 11.6 Å². The van der Waals surface area contributed by atoms with Gasteiger partial charge in [0, 0.05) is 19.1 Å². The van der Waals surface area contributed by atoms with Crippen LogP contribution in [0.2, 0.25) is 5.15 Å². The quantitative estimate of drug-likeness (QED) is 0.801. The van der Waals surface area contributed by atoms with Gasteiger partial charge in [-0.2, -0.15) is 0 Å². The van der Waals surface area contributed by atoms with Gasteiger partial charge in [0.05, 0.1) is 19.0 Å². The smallest absolute Gasteiger partial charge is 0.209 e. The predicted molar refractivity (Wildman–Crippen MR) is 72.0 cm³/mol. The zero-order chi connectivity index (χ0) is 14.0. The van der Waals surface area contributed by atoms with Crippen LogP contribution in [0, 0.1) is 0 Å². The topological polar surface area (TPSA) is 76.0 Å². The molecule has 1 heterocycles. The van der Waals surface area contributed by atoms with Crippen LogP contribution < -0.4 is 10.0 Å². The normalized spacial score (nSPS) is 12.9. The Bertz CT molecular complexity index is 510. The Kier molecular flexibility index (Phi) is 4.77. The lowest BCUT2D eigenvalue weighted by molar-refractivity contribution is 0.417. The van der Waals surface area contributed by atoms with Crippen molar-refractivity contribution in [1.82, 2.24) is 19.6 Å². The third-order valence-corrected chi connectivity index (χ3v) is 3.61. The zero-order valence-corrected chi connectivity index (χ0v) is 12.6. The summed E-state index contributed by atoms with van der Waals surface area (Å²) >= 11 is 5.87. The van der Waals surface area contributed by atoms with Gasteiger partial charge in [-0.25, -0.2) is 18.1 Å². The van der Waals surface area contributed by atoms with E-state index in [2.05, 4.69) is 15.0 Å². The second kappa shape index (κ2) is 5.56. The number of sulfonamides is 1. The Morgan fingerprint density at radius 3 is 2.56 bits per heavy atom. The van der Waals surface area contributed by atoms with Crippen LogP contribution in [0.3, 0.4) is 0 Å². The van der Waals surface area contributed by atoms with Crippen LogP contribution in [0.25, 0.3) is 0 Å². The van der Waals surface area contributed by atoms with Crippen LogP contribution in [0.15, 0.2) is 6.20 Å². The highest BCUT2D eigenvalue weighted by atomic mass is 35.5. The Hall–Kier alpha value is -0.630. The molecule has 0 spiro atoms. The van der Waals surface area contributed by atoms with E-state index in [4.69, 9.17) is 11.6 Å². The molecule has 1 aromatic heterocycles. The van der Waals surface area contributed by atoms with Crippen LogP contribution in [0.5, 0.6) is 0 Å². The van der Waals surface area contributed by atoms with Crippen molar-refractivity contribution >= 4 is 21.6 Å². The number of nitrogens with zero attached hydrogens (tertiary/aromatic N) is 2. The average Bonchev–Trinajstić information content (AvgIpc) is 2.45. The van der Waals surface area contributed by atoms with E-state index in [1.165, 1.54) is 0 Å². The molecule has 0 atom stereocenters. The van der Waals surface area contributed by atoms with E-state index in [-0.39, 0.29) is 0 Å². The first-order chi connectivity index (χ1) is 8.11. The first-order valence-electron chi connectivity index (χ1n) is 5.46. The zero-order valence-electron chi connectivity index (χ0n) is 11.0. The predicted octanol–water partition coefficient (Wildman–Crippen LogP) is 0.491. The molecule has 6 nitrogen and oxygen atoms in total. The molecule has 0 aliphatic rings. The van der Waals surface area contributed by atoms with Crippen molar-refractivity contribution in [3.63, 3.8) is 0 Å². The highest BCUT2D eigenvalue weighted by molar-refractivity contribution is 7.88. The van der Waals surface area contributed by atoms with Crippen LogP contribution in [-0.2, 0) is 23.6 Å². The van der Waals surface area contributed by atoms with Gasteiger partial charge in [0.2, 0.25) is 10.0 Å². The maximum Gasteiger partial charge on any atom is 0.209 e. The molecule has 0 fully saturated rings. The van der Waals surface area contributed by atoms with Crippen molar-refractivity contribution in [2.45, 2.75) is 25.9 Å². The molecular formula is C10H19ClN4O2S. The van der Waals surface area contributed by atoms with Crippen LogP contribution in [-0.4, -0.2) is 36.3 Å².